The fourth-order valence-electron chi connectivity index (χ4n) is 3.09. The summed E-state index contributed by atoms with van der Waals surface area (Å²) in [6, 6.07) is 1.29. The van der Waals surface area contributed by atoms with Gasteiger partial charge in [-0.05, 0) is 6.07 Å². The van der Waals surface area contributed by atoms with E-state index in [9.17, 15) is 9.59 Å². The van der Waals surface area contributed by atoms with Crippen LogP contribution in [0.5, 0.6) is 0 Å². The summed E-state index contributed by atoms with van der Waals surface area (Å²) >= 11 is 5.87. The lowest BCUT2D eigenvalue weighted by atomic mass is 10.0. The van der Waals surface area contributed by atoms with Gasteiger partial charge in [0.1, 0.15) is 17.4 Å². The summed E-state index contributed by atoms with van der Waals surface area (Å²) in [5.41, 5.74) is 1.66. The van der Waals surface area contributed by atoms with E-state index in [-0.39, 0.29) is 16.7 Å². The zero-order chi connectivity index (χ0) is 20.5. The van der Waals surface area contributed by atoms with E-state index in [1.807, 2.05) is 0 Å². The number of carbonyl (C=O) groups excluding carboxylic acids is 1. The van der Waals surface area contributed by atoms with Crippen LogP contribution in [-0.4, -0.2) is 51.4 Å². The van der Waals surface area contributed by atoms with Crippen molar-refractivity contribution in [2.24, 2.45) is 0 Å². The van der Waals surface area contributed by atoms with Gasteiger partial charge in [-0.1, -0.05) is 11.6 Å². The van der Waals surface area contributed by atoms with Crippen LogP contribution in [0.25, 0.3) is 17.6 Å². The van der Waals surface area contributed by atoms with Crippen molar-refractivity contribution < 1.29 is 14.3 Å². The number of aromatic amines is 3. The molecule has 0 aromatic carbocycles. The van der Waals surface area contributed by atoms with Gasteiger partial charge in [0, 0.05) is 37.7 Å². The van der Waals surface area contributed by atoms with E-state index < -0.39 is 11.5 Å². The molecule has 1 aliphatic carbocycles. The summed E-state index contributed by atoms with van der Waals surface area (Å²) in [7, 11) is 3.19. The predicted molar refractivity (Wildman–Crippen MR) is 106 cm³/mol. The summed E-state index contributed by atoms with van der Waals surface area (Å²) in [5, 5.41) is 9.77. The molecule has 11 heteroatoms. The largest absolute Gasteiger partial charge is 0.498 e. The van der Waals surface area contributed by atoms with Crippen LogP contribution in [0.2, 0.25) is 5.02 Å². The molecule has 10 nitrogen and oxygen atoms in total. The first-order valence-corrected chi connectivity index (χ1v) is 8.99. The van der Waals surface area contributed by atoms with Crippen molar-refractivity contribution in [3.63, 3.8) is 0 Å². The van der Waals surface area contributed by atoms with Crippen molar-refractivity contribution in [3.8, 4) is 11.5 Å². The van der Waals surface area contributed by atoms with Gasteiger partial charge >= 0.3 is 0 Å². The maximum atomic E-state index is 12.5. The number of aromatic nitrogens is 5. The van der Waals surface area contributed by atoms with E-state index in [1.165, 1.54) is 18.5 Å². The minimum absolute atomic E-state index is 0.112. The van der Waals surface area contributed by atoms with Crippen LogP contribution in [0.15, 0.2) is 29.0 Å². The van der Waals surface area contributed by atoms with Gasteiger partial charge in [0.05, 0.1) is 23.5 Å². The summed E-state index contributed by atoms with van der Waals surface area (Å²) < 4.78 is 10.8. The Labute approximate surface area is 169 Å². The van der Waals surface area contributed by atoms with E-state index >= 15 is 0 Å². The minimum Gasteiger partial charge on any atom is -0.498 e. The van der Waals surface area contributed by atoms with Crippen LogP contribution in [0, 0.1) is 0 Å². The van der Waals surface area contributed by atoms with E-state index in [0.717, 1.165) is 5.69 Å². The zero-order valence-corrected chi connectivity index (χ0v) is 16.3. The number of fused-ring (bicyclic) bond motifs is 1. The van der Waals surface area contributed by atoms with E-state index in [1.54, 1.807) is 20.3 Å². The summed E-state index contributed by atoms with van der Waals surface area (Å²) in [6.45, 7) is 0. The van der Waals surface area contributed by atoms with E-state index in [4.69, 9.17) is 21.1 Å². The van der Waals surface area contributed by atoms with Crippen LogP contribution in [0.3, 0.4) is 0 Å². The molecule has 3 aromatic heterocycles. The van der Waals surface area contributed by atoms with Crippen molar-refractivity contribution in [3.05, 3.63) is 56.5 Å². The molecule has 3 aromatic rings. The molecule has 150 valence electrons. The molecule has 1 atom stereocenters. The molecule has 0 aliphatic heterocycles. The van der Waals surface area contributed by atoms with E-state index in [2.05, 4.69) is 30.5 Å². The van der Waals surface area contributed by atoms with Crippen molar-refractivity contribution in [2.45, 2.75) is 12.5 Å². The molecule has 0 saturated carbocycles. The predicted octanol–water partition coefficient (Wildman–Crippen LogP) is 1.95. The Balaban J connectivity index is 1.64. The van der Waals surface area contributed by atoms with Crippen LogP contribution < -0.4 is 10.9 Å². The maximum absolute atomic E-state index is 12.5. The fourth-order valence-corrected chi connectivity index (χ4v) is 3.26. The number of rotatable bonds is 5. The third-order valence-corrected chi connectivity index (χ3v) is 4.76. The highest BCUT2D eigenvalue weighted by Gasteiger charge is 2.26. The number of pyridine rings is 1. The average Bonchev–Trinajstić information content (AvgIpc) is 3.34. The van der Waals surface area contributed by atoms with Crippen LogP contribution in [0.1, 0.15) is 21.7 Å². The Morgan fingerprint density at radius 2 is 2.17 bits per heavy atom. The molecule has 0 bridgehead atoms. The van der Waals surface area contributed by atoms with Crippen LogP contribution in [0.4, 0.5) is 5.69 Å². The third kappa shape index (κ3) is 3.55. The smallest absolute Gasteiger partial charge is 0.261 e. The second-order valence-electron chi connectivity index (χ2n) is 6.29. The SMILES string of the molecule is COC1=Cc2nc(-c3n[nH]cc3NC(=O)c3cc(Cl)c[nH]c3=O)[nH]c2CC1OC. The highest BCUT2D eigenvalue weighted by molar-refractivity contribution is 6.30. The molecule has 1 amide bonds. The first kappa shape index (κ1) is 19.0. The van der Waals surface area contributed by atoms with Crippen molar-refractivity contribution in [1.29, 1.82) is 0 Å². The number of carbonyl (C=O) groups is 1. The monoisotopic (exact) mass is 416 g/mol. The molecular formula is C18H17ClN6O4. The Morgan fingerprint density at radius 1 is 1.34 bits per heavy atom. The lowest BCUT2D eigenvalue weighted by Gasteiger charge is -2.20. The highest BCUT2D eigenvalue weighted by Crippen LogP contribution is 2.30. The van der Waals surface area contributed by atoms with Crippen molar-refractivity contribution in [1.82, 2.24) is 25.1 Å². The van der Waals surface area contributed by atoms with Crippen molar-refractivity contribution >= 4 is 29.3 Å². The Morgan fingerprint density at radius 3 is 2.93 bits per heavy atom. The topological polar surface area (TPSA) is 138 Å². The first-order valence-electron chi connectivity index (χ1n) is 8.61. The lowest BCUT2D eigenvalue weighted by Crippen LogP contribution is -2.22. The number of nitrogens with zero attached hydrogens (tertiary/aromatic N) is 2. The number of hydrogen-bond donors (Lipinski definition) is 4. The fraction of sp³-hybridized carbons (Fsp3) is 0.222. The summed E-state index contributed by atoms with van der Waals surface area (Å²) in [6.07, 6.45) is 4.95. The van der Waals surface area contributed by atoms with Gasteiger partial charge in [-0.3, -0.25) is 14.7 Å². The number of methoxy groups -OCH3 is 2. The maximum Gasteiger partial charge on any atom is 0.261 e. The molecule has 29 heavy (non-hydrogen) atoms. The number of hydrogen-bond acceptors (Lipinski definition) is 6. The second kappa shape index (κ2) is 7.57. The number of nitrogens with one attached hydrogen (secondary N) is 4. The van der Waals surface area contributed by atoms with E-state index in [0.29, 0.717) is 35.1 Å². The molecule has 4 rings (SSSR count). The Hall–Kier alpha value is -3.37. The van der Waals surface area contributed by atoms with Gasteiger partial charge < -0.3 is 24.8 Å². The third-order valence-electron chi connectivity index (χ3n) is 4.54. The zero-order valence-electron chi connectivity index (χ0n) is 15.5. The van der Waals surface area contributed by atoms with Crippen LogP contribution >= 0.6 is 11.6 Å². The number of H-pyrrole nitrogens is 3. The molecule has 1 aliphatic rings. The molecule has 0 saturated heterocycles. The quantitative estimate of drug-likeness (QED) is 0.501. The standard InChI is InChI=1S/C18H17ClN6O4/c1-28-13-4-10-11(5-14(13)29-2)23-16(22-10)15-12(7-21-25-15)24-18(27)9-3-8(19)6-20-17(9)26/h3-4,6-7,14H,5H2,1-2H3,(H,20,26)(H,21,25)(H,22,23)(H,24,27). The normalized spacial score (nSPS) is 15.6. The molecule has 3 heterocycles. The van der Waals surface area contributed by atoms with Gasteiger partial charge in [0.25, 0.3) is 11.5 Å². The molecule has 4 N–H and O–H groups in total. The van der Waals surface area contributed by atoms with Gasteiger partial charge in [-0.25, -0.2) is 4.98 Å². The number of amides is 1. The highest BCUT2D eigenvalue weighted by atomic mass is 35.5. The summed E-state index contributed by atoms with van der Waals surface area (Å²) in [4.78, 5) is 34.6. The minimum atomic E-state index is -0.617. The molecular weight excluding hydrogens is 400 g/mol. The molecule has 1 unspecified atom stereocenters. The number of ether oxygens (including phenoxy) is 2. The number of anilines is 1. The Kier molecular flexibility index (Phi) is 4.95. The summed E-state index contributed by atoms with van der Waals surface area (Å²) in [5.74, 6) is 0.512. The Bertz CT molecular complexity index is 1160. The first-order chi connectivity index (χ1) is 14.0. The van der Waals surface area contributed by atoms with Gasteiger partial charge in [0.2, 0.25) is 0 Å². The average molecular weight is 417 g/mol. The van der Waals surface area contributed by atoms with Crippen LogP contribution in [-0.2, 0) is 15.9 Å². The number of halogens is 1. The number of imidazole rings is 1. The second-order valence-corrected chi connectivity index (χ2v) is 6.73. The van der Waals surface area contributed by atoms with Crippen molar-refractivity contribution in [2.75, 3.05) is 19.5 Å². The lowest BCUT2D eigenvalue weighted by molar-refractivity contribution is 0.0788. The molecule has 0 radical (unpaired) electrons. The molecule has 0 fully saturated rings. The van der Waals surface area contributed by atoms with Gasteiger partial charge in [-0.2, -0.15) is 5.10 Å². The van der Waals surface area contributed by atoms with Gasteiger partial charge in [-0.15, -0.1) is 0 Å². The van der Waals surface area contributed by atoms with Gasteiger partial charge in [0.15, 0.2) is 11.5 Å². The molecule has 0 spiro atoms.